The van der Waals surface area contributed by atoms with Crippen molar-refractivity contribution < 1.29 is 15.3 Å². The standard InChI is InChI=1S/C11H14O3/c12-1-9-5-4-6-7(5)11(9,3-14)10(6,2-13)8(4)9/h4-8,12-14H,1-3H2. The van der Waals surface area contributed by atoms with Gasteiger partial charge < -0.3 is 15.3 Å². The molecule has 0 aromatic rings. The molecule has 0 amide bonds. The first kappa shape index (κ1) is 7.20. The van der Waals surface area contributed by atoms with E-state index in [1.807, 2.05) is 0 Å². The van der Waals surface area contributed by atoms with Crippen molar-refractivity contribution in [3.63, 3.8) is 0 Å². The number of hydrogen-bond acceptors (Lipinski definition) is 3. The van der Waals surface area contributed by atoms with Crippen molar-refractivity contribution in [3.8, 4) is 0 Å². The summed E-state index contributed by atoms with van der Waals surface area (Å²) in [5, 5.41) is 28.6. The SMILES string of the molecule is OCC12C3C4C5C3C1(CO)C5(CO)C42. The van der Waals surface area contributed by atoms with Crippen molar-refractivity contribution in [1.29, 1.82) is 0 Å². The van der Waals surface area contributed by atoms with E-state index in [0.29, 0.717) is 11.8 Å². The second-order valence-corrected chi connectivity index (χ2v) is 6.16. The van der Waals surface area contributed by atoms with Crippen LogP contribution in [0, 0.1) is 45.8 Å². The summed E-state index contributed by atoms with van der Waals surface area (Å²) >= 11 is 0. The zero-order valence-corrected chi connectivity index (χ0v) is 7.85. The van der Waals surface area contributed by atoms with Gasteiger partial charge in [-0.05, 0) is 29.6 Å². The van der Waals surface area contributed by atoms with E-state index in [2.05, 4.69) is 0 Å². The minimum Gasteiger partial charge on any atom is -0.396 e. The first-order chi connectivity index (χ1) is 6.79. The van der Waals surface area contributed by atoms with E-state index in [9.17, 15) is 15.3 Å². The molecule has 14 heavy (non-hydrogen) atoms. The molecule has 3 nitrogen and oxygen atoms in total. The summed E-state index contributed by atoms with van der Waals surface area (Å²) in [5.41, 5.74) is 0.0847. The lowest BCUT2D eigenvalue weighted by Crippen LogP contribution is -3.16. The Bertz CT molecular complexity index is 353. The van der Waals surface area contributed by atoms with Crippen molar-refractivity contribution in [2.75, 3.05) is 19.8 Å². The first-order valence-corrected chi connectivity index (χ1v) is 5.62. The van der Waals surface area contributed by atoms with E-state index < -0.39 is 0 Å². The fraction of sp³-hybridized carbons (Fsp3) is 1.00. The molecule has 0 aromatic carbocycles. The maximum Gasteiger partial charge on any atom is 0.0503 e. The van der Waals surface area contributed by atoms with Crippen LogP contribution >= 0.6 is 0 Å². The highest BCUT2D eigenvalue weighted by Gasteiger charge is 3.14. The Hall–Kier alpha value is -0.120. The molecule has 0 radical (unpaired) electrons. The van der Waals surface area contributed by atoms with Gasteiger partial charge in [0.25, 0.3) is 0 Å². The van der Waals surface area contributed by atoms with Crippen LogP contribution in [0.2, 0.25) is 0 Å². The second-order valence-electron chi connectivity index (χ2n) is 6.16. The van der Waals surface area contributed by atoms with Crippen LogP contribution in [-0.4, -0.2) is 35.1 Å². The molecule has 0 aromatic heterocycles. The van der Waals surface area contributed by atoms with E-state index in [0.717, 1.165) is 17.8 Å². The van der Waals surface area contributed by atoms with E-state index in [-0.39, 0.29) is 36.1 Å². The molecule has 0 heterocycles. The van der Waals surface area contributed by atoms with Gasteiger partial charge in [-0.3, -0.25) is 0 Å². The highest BCUT2D eigenvalue weighted by atomic mass is 16.3. The van der Waals surface area contributed by atoms with Crippen molar-refractivity contribution in [1.82, 2.24) is 0 Å². The van der Waals surface area contributed by atoms with Gasteiger partial charge in [0.1, 0.15) is 0 Å². The van der Waals surface area contributed by atoms with Crippen LogP contribution in [-0.2, 0) is 0 Å². The molecule has 6 saturated carbocycles. The summed E-state index contributed by atoms with van der Waals surface area (Å²) in [6, 6.07) is 0. The molecule has 0 spiro atoms. The summed E-state index contributed by atoms with van der Waals surface area (Å²) in [7, 11) is 0. The summed E-state index contributed by atoms with van der Waals surface area (Å²) in [6.07, 6.45) is 0. The van der Waals surface area contributed by atoms with Crippen molar-refractivity contribution in [2.24, 2.45) is 45.8 Å². The van der Waals surface area contributed by atoms with E-state index in [4.69, 9.17) is 0 Å². The van der Waals surface area contributed by atoms with Gasteiger partial charge in [-0.2, -0.15) is 0 Å². The molecule has 3 N–H and O–H groups in total. The van der Waals surface area contributed by atoms with Crippen LogP contribution in [0.5, 0.6) is 0 Å². The molecule has 6 fully saturated rings. The summed E-state index contributed by atoms with van der Waals surface area (Å²) in [4.78, 5) is 0. The molecule has 4 unspecified atom stereocenters. The summed E-state index contributed by atoms with van der Waals surface area (Å²) < 4.78 is 0. The Labute approximate surface area is 81.7 Å². The lowest BCUT2D eigenvalue weighted by Gasteiger charge is -3.15. The Morgan fingerprint density at radius 3 is 1.79 bits per heavy atom. The minimum absolute atomic E-state index is 0.0434. The number of aliphatic hydroxyl groups excluding tert-OH is 3. The van der Waals surface area contributed by atoms with E-state index >= 15 is 0 Å². The fourth-order valence-electron chi connectivity index (χ4n) is 7.48. The van der Waals surface area contributed by atoms with Gasteiger partial charge in [-0.25, -0.2) is 0 Å². The van der Waals surface area contributed by atoms with Crippen LogP contribution in [0.1, 0.15) is 0 Å². The normalized spacial score (nSPS) is 82.9. The predicted octanol–water partition coefficient (Wildman–Crippen LogP) is -0.929. The maximum atomic E-state index is 9.59. The molecule has 3 heteroatoms. The van der Waals surface area contributed by atoms with Gasteiger partial charge in [0.05, 0.1) is 6.61 Å². The lowest BCUT2D eigenvalue weighted by molar-refractivity contribution is -0.711. The summed E-state index contributed by atoms with van der Waals surface area (Å²) in [6.45, 7) is 0.670. The van der Waals surface area contributed by atoms with Crippen LogP contribution in [0.15, 0.2) is 0 Å². The van der Waals surface area contributed by atoms with Gasteiger partial charge in [0.15, 0.2) is 0 Å². The lowest BCUT2D eigenvalue weighted by atomic mass is 8.88. The molecule has 6 aliphatic rings. The first-order valence-electron chi connectivity index (χ1n) is 5.62. The third-order valence-corrected chi connectivity index (χ3v) is 7.29. The maximum absolute atomic E-state index is 9.59. The minimum atomic E-state index is -0.0434. The molecule has 0 saturated heterocycles. The Morgan fingerprint density at radius 2 is 1.36 bits per heavy atom. The fourth-order valence-corrected chi connectivity index (χ4v) is 7.48. The van der Waals surface area contributed by atoms with Gasteiger partial charge in [-0.1, -0.05) is 0 Å². The molecular formula is C11H14O3. The van der Waals surface area contributed by atoms with Crippen molar-refractivity contribution >= 4 is 0 Å². The van der Waals surface area contributed by atoms with Gasteiger partial charge >= 0.3 is 0 Å². The van der Waals surface area contributed by atoms with E-state index in [1.54, 1.807) is 0 Å². The Balaban J connectivity index is 1.72. The van der Waals surface area contributed by atoms with Crippen LogP contribution < -0.4 is 0 Å². The van der Waals surface area contributed by atoms with E-state index in [1.165, 1.54) is 0 Å². The zero-order chi connectivity index (χ0) is 9.51. The van der Waals surface area contributed by atoms with Crippen LogP contribution in [0.3, 0.4) is 0 Å². The second kappa shape index (κ2) is 1.41. The smallest absolute Gasteiger partial charge is 0.0503 e. The Morgan fingerprint density at radius 1 is 0.786 bits per heavy atom. The molecule has 0 aliphatic heterocycles. The monoisotopic (exact) mass is 194 g/mol. The van der Waals surface area contributed by atoms with Gasteiger partial charge in [0.2, 0.25) is 0 Å². The van der Waals surface area contributed by atoms with Crippen molar-refractivity contribution in [3.05, 3.63) is 0 Å². The molecule has 76 valence electrons. The quantitative estimate of drug-likeness (QED) is 0.544. The summed E-state index contributed by atoms with van der Waals surface area (Å²) in [5.74, 6) is 3.51. The molecule has 6 rings (SSSR count). The van der Waals surface area contributed by atoms with Gasteiger partial charge in [0, 0.05) is 29.5 Å². The zero-order valence-electron chi connectivity index (χ0n) is 7.85. The number of hydrogen-bond donors (Lipinski definition) is 3. The molecule has 6 aliphatic carbocycles. The highest BCUT2D eigenvalue weighted by molar-refractivity contribution is 5.60. The topological polar surface area (TPSA) is 60.7 Å². The largest absolute Gasteiger partial charge is 0.396 e. The molecular weight excluding hydrogens is 180 g/mol. The average molecular weight is 194 g/mol. The molecule has 0 bridgehead atoms. The number of aliphatic hydroxyl groups is 3. The average Bonchev–Trinajstić information content (AvgIpc) is 2.26. The van der Waals surface area contributed by atoms with Crippen LogP contribution in [0.4, 0.5) is 0 Å². The third-order valence-electron chi connectivity index (χ3n) is 7.29. The molecule has 4 atom stereocenters. The predicted molar refractivity (Wildman–Crippen MR) is 46.0 cm³/mol. The van der Waals surface area contributed by atoms with Crippen LogP contribution in [0.25, 0.3) is 0 Å². The third kappa shape index (κ3) is 0.238. The number of rotatable bonds is 3. The van der Waals surface area contributed by atoms with Crippen molar-refractivity contribution in [2.45, 2.75) is 0 Å². The van der Waals surface area contributed by atoms with Gasteiger partial charge in [-0.15, -0.1) is 0 Å². The Kier molecular flexibility index (Phi) is 0.726. The highest BCUT2D eigenvalue weighted by Crippen LogP contribution is 3.14.